The highest BCUT2D eigenvalue weighted by atomic mass is 16.5. The number of ketones is 1. The van der Waals surface area contributed by atoms with Crippen LogP contribution in [0.3, 0.4) is 0 Å². The molecule has 0 heterocycles. The third kappa shape index (κ3) is 4.12. The predicted molar refractivity (Wildman–Crippen MR) is 78.0 cm³/mol. The van der Waals surface area contributed by atoms with Gasteiger partial charge in [-0.3, -0.25) is 4.79 Å². The first-order chi connectivity index (χ1) is 9.65. The molecule has 2 aromatic carbocycles. The first-order valence-corrected chi connectivity index (χ1v) is 6.59. The fourth-order valence-corrected chi connectivity index (χ4v) is 1.64. The predicted octanol–water partition coefficient (Wildman–Crippen LogP) is 3.62. The van der Waals surface area contributed by atoms with Gasteiger partial charge in [0.15, 0.2) is 11.9 Å². The van der Waals surface area contributed by atoms with Crippen molar-refractivity contribution in [2.75, 3.05) is 0 Å². The second-order valence-corrected chi connectivity index (χ2v) is 4.62. The molecule has 0 bridgehead atoms. The molecule has 20 heavy (non-hydrogen) atoms. The van der Waals surface area contributed by atoms with Crippen LogP contribution in [0.15, 0.2) is 54.6 Å². The average molecular weight is 270 g/mol. The van der Waals surface area contributed by atoms with Crippen LogP contribution in [0, 0.1) is 0 Å². The minimum Gasteiger partial charge on any atom is -0.489 e. The molecular weight excluding hydrogens is 252 g/mol. The molecule has 0 fully saturated rings. The van der Waals surface area contributed by atoms with Crippen LogP contribution in [-0.2, 0) is 11.4 Å². The molecule has 0 unspecified atom stereocenters. The Balaban J connectivity index is 1.90. The number of carbonyl (C=O) groups is 1. The number of carbonyl (C=O) groups excluding carboxylic acids is 1. The first-order valence-electron chi connectivity index (χ1n) is 6.59. The van der Waals surface area contributed by atoms with Crippen LogP contribution in [0.4, 0.5) is 0 Å². The molecule has 2 aromatic rings. The minimum atomic E-state index is -0.425. The SMILES string of the molecule is CC(=O)[C@H](C)Oc1ccc(OCc2ccccc2)cc1. The fraction of sp³-hybridized carbons (Fsp3) is 0.235. The van der Waals surface area contributed by atoms with E-state index in [9.17, 15) is 4.79 Å². The van der Waals surface area contributed by atoms with Crippen molar-refractivity contribution in [1.82, 2.24) is 0 Å². The summed E-state index contributed by atoms with van der Waals surface area (Å²) in [5, 5.41) is 0. The fourth-order valence-electron chi connectivity index (χ4n) is 1.64. The molecule has 104 valence electrons. The molecule has 3 nitrogen and oxygen atoms in total. The van der Waals surface area contributed by atoms with Crippen LogP contribution in [0.1, 0.15) is 19.4 Å². The van der Waals surface area contributed by atoms with E-state index in [2.05, 4.69) is 0 Å². The van der Waals surface area contributed by atoms with E-state index in [1.54, 1.807) is 19.1 Å². The highest BCUT2D eigenvalue weighted by Gasteiger charge is 2.08. The highest BCUT2D eigenvalue weighted by Crippen LogP contribution is 2.19. The molecule has 0 amide bonds. The summed E-state index contributed by atoms with van der Waals surface area (Å²) in [6.07, 6.45) is -0.425. The normalized spacial score (nSPS) is 11.7. The Morgan fingerprint density at radius 2 is 1.60 bits per heavy atom. The largest absolute Gasteiger partial charge is 0.489 e. The summed E-state index contributed by atoms with van der Waals surface area (Å²) in [6, 6.07) is 17.3. The maximum absolute atomic E-state index is 11.1. The van der Waals surface area contributed by atoms with Crippen molar-refractivity contribution in [1.29, 1.82) is 0 Å². The van der Waals surface area contributed by atoms with Crippen LogP contribution >= 0.6 is 0 Å². The molecule has 0 N–H and O–H groups in total. The van der Waals surface area contributed by atoms with Gasteiger partial charge in [0.25, 0.3) is 0 Å². The minimum absolute atomic E-state index is 0.00871. The zero-order valence-corrected chi connectivity index (χ0v) is 11.7. The molecule has 0 saturated carbocycles. The van der Waals surface area contributed by atoms with Crippen LogP contribution in [0.25, 0.3) is 0 Å². The third-order valence-electron chi connectivity index (χ3n) is 2.96. The van der Waals surface area contributed by atoms with Gasteiger partial charge in [-0.25, -0.2) is 0 Å². The molecule has 0 aliphatic rings. The lowest BCUT2D eigenvalue weighted by atomic mass is 10.2. The Labute approximate surface area is 119 Å². The molecule has 2 rings (SSSR count). The summed E-state index contributed by atoms with van der Waals surface area (Å²) in [6.45, 7) is 3.79. The van der Waals surface area contributed by atoms with Crippen molar-refractivity contribution in [3.8, 4) is 11.5 Å². The molecule has 3 heteroatoms. The van der Waals surface area contributed by atoms with Crippen molar-refractivity contribution in [3.05, 3.63) is 60.2 Å². The maximum atomic E-state index is 11.1. The van der Waals surface area contributed by atoms with Gasteiger partial charge in [-0.1, -0.05) is 30.3 Å². The van der Waals surface area contributed by atoms with Gasteiger partial charge >= 0.3 is 0 Å². The van der Waals surface area contributed by atoms with E-state index in [0.717, 1.165) is 11.3 Å². The molecular formula is C17H18O3. The van der Waals surface area contributed by atoms with Crippen LogP contribution < -0.4 is 9.47 Å². The monoisotopic (exact) mass is 270 g/mol. The quantitative estimate of drug-likeness (QED) is 0.804. The zero-order valence-electron chi connectivity index (χ0n) is 11.7. The van der Waals surface area contributed by atoms with Crippen LogP contribution in [0.5, 0.6) is 11.5 Å². The van der Waals surface area contributed by atoms with Crippen molar-refractivity contribution < 1.29 is 14.3 Å². The lowest BCUT2D eigenvalue weighted by molar-refractivity contribution is -0.122. The number of Topliss-reactive ketones (excluding diaryl/α,β-unsaturated/α-hetero) is 1. The van der Waals surface area contributed by atoms with E-state index >= 15 is 0 Å². The van der Waals surface area contributed by atoms with E-state index in [0.29, 0.717) is 12.4 Å². The lowest BCUT2D eigenvalue weighted by Gasteiger charge is -2.12. The van der Waals surface area contributed by atoms with Gasteiger partial charge in [0.2, 0.25) is 0 Å². The standard InChI is InChI=1S/C17H18O3/c1-13(18)14(2)20-17-10-8-16(9-11-17)19-12-15-6-4-3-5-7-15/h3-11,14H,12H2,1-2H3/t14-/m0/s1. The van der Waals surface area contributed by atoms with Crippen molar-refractivity contribution in [3.63, 3.8) is 0 Å². The van der Waals surface area contributed by atoms with E-state index in [-0.39, 0.29) is 5.78 Å². The van der Waals surface area contributed by atoms with Gasteiger partial charge in [-0.15, -0.1) is 0 Å². The molecule has 0 aliphatic heterocycles. The van der Waals surface area contributed by atoms with E-state index < -0.39 is 6.10 Å². The van der Waals surface area contributed by atoms with Gasteiger partial charge in [0, 0.05) is 0 Å². The van der Waals surface area contributed by atoms with Crippen LogP contribution in [-0.4, -0.2) is 11.9 Å². The van der Waals surface area contributed by atoms with Crippen LogP contribution in [0.2, 0.25) is 0 Å². The Hall–Kier alpha value is -2.29. The van der Waals surface area contributed by atoms with Crippen molar-refractivity contribution in [2.24, 2.45) is 0 Å². The highest BCUT2D eigenvalue weighted by molar-refractivity contribution is 5.80. The van der Waals surface area contributed by atoms with Crippen molar-refractivity contribution in [2.45, 2.75) is 26.6 Å². The van der Waals surface area contributed by atoms with E-state index in [1.807, 2.05) is 42.5 Å². The Morgan fingerprint density at radius 3 is 2.20 bits per heavy atom. The topological polar surface area (TPSA) is 35.5 Å². The van der Waals surface area contributed by atoms with Gasteiger partial charge < -0.3 is 9.47 Å². The number of benzene rings is 2. The van der Waals surface area contributed by atoms with Gasteiger partial charge in [-0.05, 0) is 43.7 Å². The number of hydrogen-bond acceptors (Lipinski definition) is 3. The summed E-state index contributed by atoms with van der Waals surface area (Å²) >= 11 is 0. The summed E-state index contributed by atoms with van der Waals surface area (Å²) in [7, 11) is 0. The van der Waals surface area contributed by atoms with Crippen molar-refractivity contribution >= 4 is 5.78 Å². The Bertz CT molecular complexity index is 546. The first kappa shape index (κ1) is 14.1. The smallest absolute Gasteiger partial charge is 0.169 e. The molecule has 0 radical (unpaired) electrons. The molecule has 0 spiro atoms. The number of rotatable bonds is 6. The number of ether oxygens (including phenoxy) is 2. The molecule has 0 aliphatic carbocycles. The lowest BCUT2D eigenvalue weighted by Crippen LogP contribution is -2.20. The average Bonchev–Trinajstić information content (AvgIpc) is 2.47. The number of hydrogen-bond donors (Lipinski definition) is 0. The third-order valence-corrected chi connectivity index (χ3v) is 2.96. The molecule has 0 aromatic heterocycles. The van der Waals surface area contributed by atoms with E-state index in [1.165, 1.54) is 6.92 Å². The Kier molecular flexibility index (Phi) is 4.77. The summed E-state index contributed by atoms with van der Waals surface area (Å²) < 4.78 is 11.2. The second kappa shape index (κ2) is 6.75. The van der Waals surface area contributed by atoms with Gasteiger partial charge in [0.05, 0.1) is 0 Å². The Morgan fingerprint density at radius 1 is 1.00 bits per heavy atom. The maximum Gasteiger partial charge on any atom is 0.169 e. The van der Waals surface area contributed by atoms with Gasteiger partial charge in [0.1, 0.15) is 18.1 Å². The molecule has 1 atom stereocenters. The molecule has 0 saturated heterocycles. The zero-order chi connectivity index (χ0) is 14.4. The van der Waals surface area contributed by atoms with Gasteiger partial charge in [-0.2, -0.15) is 0 Å². The summed E-state index contributed by atoms with van der Waals surface area (Å²) in [5.74, 6) is 1.45. The summed E-state index contributed by atoms with van der Waals surface area (Å²) in [4.78, 5) is 11.1. The summed E-state index contributed by atoms with van der Waals surface area (Å²) in [5.41, 5.74) is 1.12. The van der Waals surface area contributed by atoms with E-state index in [4.69, 9.17) is 9.47 Å². The second-order valence-electron chi connectivity index (χ2n) is 4.62.